The maximum absolute atomic E-state index is 13.5. The molecule has 0 bridgehead atoms. The summed E-state index contributed by atoms with van der Waals surface area (Å²) in [5.74, 6) is 1.32. The SMILES string of the molecule is CCOc1ccc(C2Nc3ccccc3C(=O)N2c2ccc(C(C)CC)cc2)cc1. The Morgan fingerprint density at radius 1 is 0.967 bits per heavy atom. The first-order valence-corrected chi connectivity index (χ1v) is 10.6. The maximum Gasteiger partial charge on any atom is 0.262 e. The minimum atomic E-state index is -0.294. The van der Waals surface area contributed by atoms with Crippen LogP contribution in [0.2, 0.25) is 0 Å². The van der Waals surface area contributed by atoms with Crippen LogP contribution < -0.4 is 15.0 Å². The summed E-state index contributed by atoms with van der Waals surface area (Å²) >= 11 is 0. The van der Waals surface area contributed by atoms with Crippen LogP contribution in [0.25, 0.3) is 0 Å². The van der Waals surface area contributed by atoms with Gasteiger partial charge in [0, 0.05) is 11.4 Å². The molecule has 2 atom stereocenters. The summed E-state index contributed by atoms with van der Waals surface area (Å²) in [6, 6.07) is 24.0. The van der Waals surface area contributed by atoms with Crippen molar-refractivity contribution in [2.75, 3.05) is 16.8 Å². The molecule has 1 heterocycles. The number of hydrogen-bond donors (Lipinski definition) is 1. The van der Waals surface area contributed by atoms with Gasteiger partial charge in [0.15, 0.2) is 0 Å². The second-order valence-electron chi connectivity index (χ2n) is 7.67. The molecule has 3 aromatic rings. The molecule has 0 fully saturated rings. The first-order valence-electron chi connectivity index (χ1n) is 10.6. The Morgan fingerprint density at radius 3 is 2.33 bits per heavy atom. The molecular weight excluding hydrogens is 372 g/mol. The van der Waals surface area contributed by atoms with Crippen molar-refractivity contribution in [3.63, 3.8) is 0 Å². The van der Waals surface area contributed by atoms with E-state index in [9.17, 15) is 4.79 Å². The number of ether oxygens (including phenoxy) is 1. The van der Waals surface area contributed by atoms with Gasteiger partial charge in [0.25, 0.3) is 5.91 Å². The van der Waals surface area contributed by atoms with Gasteiger partial charge in [-0.1, -0.05) is 50.2 Å². The van der Waals surface area contributed by atoms with Gasteiger partial charge in [0.1, 0.15) is 11.9 Å². The minimum absolute atomic E-state index is 0.000440. The lowest BCUT2D eigenvalue weighted by Crippen LogP contribution is -2.43. The monoisotopic (exact) mass is 400 g/mol. The van der Waals surface area contributed by atoms with Gasteiger partial charge in [-0.3, -0.25) is 9.69 Å². The molecule has 2 unspecified atom stereocenters. The fourth-order valence-electron chi connectivity index (χ4n) is 3.87. The van der Waals surface area contributed by atoms with Crippen LogP contribution in [0, 0.1) is 0 Å². The second kappa shape index (κ2) is 8.62. The lowest BCUT2D eigenvalue weighted by Gasteiger charge is -2.38. The lowest BCUT2D eigenvalue weighted by molar-refractivity contribution is 0.0975. The summed E-state index contributed by atoms with van der Waals surface area (Å²) in [7, 11) is 0. The van der Waals surface area contributed by atoms with Crippen molar-refractivity contribution in [3.05, 3.63) is 89.5 Å². The molecule has 4 nitrogen and oxygen atoms in total. The van der Waals surface area contributed by atoms with Gasteiger partial charge >= 0.3 is 0 Å². The molecule has 0 spiro atoms. The minimum Gasteiger partial charge on any atom is -0.494 e. The van der Waals surface area contributed by atoms with Crippen LogP contribution in [0.1, 0.15) is 60.8 Å². The summed E-state index contributed by atoms with van der Waals surface area (Å²) < 4.78 is 5.58. The van der Waals surface area contributed by atoms with E-state index in [1.807, 2.05) is 60.4 Å². The molecular formula is C26H28N2O2. The van der Waals surface area contributed by atoms with Gasteiger partial charge in [-0.15, -0.1) is 0 Å². The molecule has 0 radical (unpaired) electrons. The zero-order valence-electron chi connectivity index (χ0n) is 17.8. The highest BCUT2D eigenvalue weighted by molar-refractivity contribution is 6.12. The van der Waals surface area contributed by atoms with E-state index in [2.05, 4.69) is 43.4 Å². The molecule has 154 valence electrons. The van der Waals surface area contributed by atoms with Gasteiger partial charge < -0.3 is 10.1 Å². The standard InChI is InChI=1S/C26H28N2O2/c1-4-18(3)19-10-14-21(15-11-19)28-25(20-12-16-22(17-13-20)30-5-2)27-24-9-7-6-8-23(24)26(28)29/h6-18,25,27H,4-5H2,1-3H3. The number of benzene rings is 3. The van der Waals surface area contributed by atoms with Crippen LogP contribution in [0.4, 0.5) is 11.4 Å². The number of carbonyl (C=O) groups is 1. The smallest absolute Gasteiger partial charge is 0.262 e. The summed E-state index contributed by atoms with van der Waals surface area (Å²) in [6.45, 7) is 7.01. The van der Waals surface area contributed by atoms with E-state index >= 15 is 0 Å². The molecule has 0 saturated carbocycles. The first-order chi connectivity index (χ1) is 14.6. The Labute approximate surface area is 178 Å². The second-order valence-corrected chi connectivity index (χ2v) is 7.67. The maximum atomic E-state index is 13.5. The van der Waals surface area contributed by atoms with Gasteiger partial charge in [-0.25, -0.2) is 0 Å². The van der Waals surface area contributed by atoms with E-state index in [4.69, 9.17) is 4.74 Å². The van der Waals surface area contributed by atoms with Gasteiger partial charge in [-0.05, 0) is 66.8 Å². The largest absolute Gasteiger partial charge is 0.494 e. The Morgan fingerprint density at radius 2 is 1.67 bits per heavy atom. The molecule has 1 aliphatic heterocycles. The van der Waals surface area contributed by atoms with Crippen molar-refractivity contribution in [1.82, 2.24) is 0 Å². The first kappa shape index (κ1) is 20.0. The van der Waals surface area contributed by atoms with E-state index < -0.39 is 0 Å². The van der Waals surface area contributed by atoms with E-state index in [-0.39, 0.29) is 12.1 Å². The molecule has 4 heteroatoms. The fourth-order valence-corrected chi connectivity index (χ4v) is 3.87. The predicted octanol–water partition coefficient (Wildman–Crippen LogP) is 6.37. The number of nitrogens with zero attached hydrogens (tertiary/aromatic N) is 1. The number of anilines is 2. The Balaban J connectivity index is 1.74. The number of fused-ring (bicyclic) bond motifs is 1. The van der Waals surface area contributed by atoms with Crippen LogP contribution >= 0.6 is 0 Å². The molecule has 0 saturated heterocycles. The summed E-state index contributed by atoms with van der Waals surface area (Å²) in [5, 5.41) is 3.56. The van der Waals surface area contributed by atoms with Crippen molar-refractivity contribution in [2.24, 2.45) is 0 Å². The topological polar surface area (TPSA) is 41.6 Å². The number of hydrogen-bond acceptors (Lipinski definition) is 3. The molecule has 1 amide bonds. The zero-order chi connectivity index (χ0) is 21.1. The number of rotatable bonds is 6. The third-order valence-electron chi connectivity index (χ3n) is 5.79. The molecule has 30 heavy (non-hydrogen) atoms. The lowest BCUT2D eigenvalue weighted by atomic mass is 9.97. The van der Waals surface area contributed by atoms with E-state index in [0.29, 0.717) is 18.1 Å². The van der Waals surface area contributed by atoms with Crippen molar-refractivity contribution >= 4 is 17.3 Å². The third kappa shape index (κ3) is 3.78. The van der Waals surface area contributed by atoms with E-state index in [1.165, 1.54) is 5.56 Å². The number of para-hydroxylation sites is 1. The molecule has 4 rings (SSSR count). The third-order valence-corrected chi connectivity index (χ3v) is 5.79. The van der Waals surface area contributed by atoms with Gasteiger partial charge in [0.05, 0.1) is 12.2 Å². The Bertz CT molecular complexity index is 1010. The number of amides is 1. The Hall–Kier alpha value is -3.27. The quantitative estimate of drug-likeness (QED) is 0.523. The fraction of sp³-hybridized carbons (Fsp3) is 0.269. The summed E-state index contributed by atoms with van der Waals surface area (Å²) in [4.78, 5) is 15.4. The Kier molecular flexibility index (Phi) is 5.75. The summed E-state index contributed by atoms with van der Waals surface area (Å²) in [6.07, 6.45) is 0.795. The highest BCUT2D eigenvalue weighted by atomic mass is 16.5. The van der Waals surface area contributed by atoms with Crippen LogP contribution in [-0.4, -0.2) is 12.5 Å². The highest BCUT2D eigenvalue weighted by Gasteiger charge is 2.34. The normalized spacial score (nSPS) is 16.6. The average molecular weight is 401 g/mol. The molecule has 3 aromatic carbocycles. The number of carbonyl (C=O) groups excluding carboxylic acids is 1. The predicted molar refractivity (Wildman–Crippen MR) is 122 cm³/mol. The molecule has 1 aliphatic rings. The van der Waals surface area contributed by atoms with Crippen LogP contribution in [0.15, 0.2) is 72.8 Å². The van der Waals surface area contributed by atoms with Gasteiger partial charge in [-0.2, -0.15) is 0 Å². The van der Waals surface area contributed by atoms with Crippen LogP contribution in [0.5, 0.6) is 5.75 Å². The molecule has 1 N–H and O–H groups in total. The van der Waals surface area contributed by atoms with E-state index in [0.717, 1.165) is 29.1 Å². The zero-order valence-corrected chi connectivity index (χ0v) is 17.8. The number of nitrogens with one attached hydrogen (secondary N) is 1. The van der Waals surface area contributed by atoms with Crippen molar-refractivity contribution in [3.8, 4) is 5.75 Å². The van der Waals surface area contributed by atoms with Crippen LogP contribution in [-0.2, 0) is 0 Å². The molecule has 0 aromatic heterocycles. The van der Waals surface area contributed by atoms with Crippen molar-refractivity contribution in [1.29, 1.82) is 0 Å². The van der Waals surface area contributed by atoms with Crippen molar-refractivity contribution < 1.29 is 9.53 Å². The van der Waals surface area contributed by atoms with Gasteiger partial charge in [0.2, 0.25) is 0 Å². The van der Waals surface area contributed by atoms with E-state index in [1.54, 1.807) is 0 Å². The molecule has 0 aliphatic carbocycles. The summed E-state index contributed by atoms with van der Waals surface area (Å²) in [5.41, 5.74) is 4.72. The average Bonchev–Trinajstić information content (AvgIpc) is 2.79. The highest BCUT2D eigenvalue weighted by Crippen LogP contribution is 2.37. The van der Waals surface area contributed by atoms with Crippen molar-refractivity contribution in [2.45, 2.75) is 39.3 Å². The van der Waals surface area contributed by atoms with Crippen LogP contribution in [0.3, 0.4) is 0 Å².